The van der Waals surface area contributed by atoms with E-state index in [9.17, 15) is 25.2 Å². The number of aromatic amines is 1. The highest BCUT2D eigenvalue weighted by molar-refractivity contribution is 5.82. The van der Waals surface area contributed by atoms with Gasteiger partial charge in [-0.2, -0.15) is 10.1 Å². The number of ether oxygens (including phenoxy) is 2. The zero-order valence-corrected chi connectivity index (χ0v) is 16.7. The van der Waals surface area contributed by atoms with Gasteiger partial charge in [0.15, 0.2) is 28.9 Å². The lowest BCUT2D eigenvalue weighted by Gasteiger charge is -2.18. The number of phenols is 1. The van der Waals surface area contributed by atoms with E-state index in [0.29, 0.717) is 5.56 Å². The number of benzene rings is 1. The lowest BCUT2D eigenvalue weighted by atomic mass is 10.1. The molecule has 0 aliphatic carbocycles. The van der Waals surface area contributed by atoms with Crippen molar-refractivity contribution >= 4 is 29.3 Å². The van der Waals surface area contributed by atoms with Gasteiger partial charge < -0.3 is 35.6 Å². The van der Waals surface area contributed by atoms with Gasteiger partial charge in [-0.15, -0.1) is 0 Å². The molecule has 3 heterocycles. The maximum atomic E-state index is 12.3. The number of fused-ring (bicyclic) bond motifs is 1. The van der Waals surface area contributed by atoms with Crippen LogP contribution in [0.1, 0.15) is 11.8 Å². The number of aliphatic hydroxyl groups is 3. The predicted octanol–water partition coefficient (Wildman–Crippen LogP) is -1.53. The first kappa shape index (κ1) is 21.5. The van der Waals surface area contributed by atoms with Crippen LogP contribution in [0.25, 0.3) is 11.2 Å². The molecule has 0 amide bonds. The van der Waals surface area contributed by atoms with Gasteiger partial charge in [0, 0.05) is 0 Å². The molecule has 1 saturated heterocycles. The van der Waals surface area contributed by atoms with Crippen LogP contribution in [0.4, 0.5) is 11.9 Å². The smallest absolute Gasteiger partial charge is 0.280 e. The summed E-state index contributed by atoms with van der Waals surface area (Å²) in [6.45, 7) is -0.541. The van der Waals surface area contributed by atoms with Crippen molar-refractivity contribution in [3.8, 4) is 11.5 Å². The summed E-state index contributed by atoms with van der Waals surface area (Å²) in [4.78, 5) is 22.8. The molecule has 1 aromatic carbocycles. The summed E-state index contributed by atoms with van der Waals surface area (Å²) in [5, 5.41) is 43.7. The standard InChI is InChI=1S/C18H21N7O7/c1-31-9-4-7(2-3-8(9)27)5-20-24-18-21-11-14(22-17(19)23-15(11)30)25(18)16-13(29)12(28)10(6-26)32-16/h2-5,10,12-13,16,26-29H,6H2,1H3,(H,21,24)(H3,19,22,23,30)/b20-5-/t10-,12+,13-,16-/m0/s1. The number of aliphatic hydroxyl groups excluding tert-OH is 3. The Bertz CT molecular complexity index is 1220. The number of imidazole rings is 1. The molecule has 0 bridgehead atoms. The normalized spacial score (nSPS) is 23.2. The van der Waals surface area contributed by atoms with E-state index in [0.717, 1.165) is 0 Å². The van der Waals surface area contributed by atoms with Crippen LogP contribution in [0.15, 0.2) is 28.1 Å². The number of hydrazone groups is 1. The SMILES string of the molecule is COc1cc(/C=N\Nc2nc3c(=O)[nH]c(N)nc3n2[C@H]2O[C@@H](CO)[C@@H](O)[C@@H]2O)ccc1O. The fourth-order valence-corrected chi connectivity index (χ4v) is 3.35. The number of nitrogens with one attached hydrogen (secondary N) is 2. The maximum Gasteiger partial charge on any atom is 0.280 e. The van der Waals surface area contributed by atoms with Crippen molar-refractivity contribution in [2.45, 2.75) is 24.5 Å². The predicted molar refractivity (Wildman–Crippen MR) is 111 cm³/mol. The molecule has 1 fully saturated rings. The highest BCUT2D eigenvalue weighted by Gasteiger charge is 2.45. The van der Waals surface area contributed by atoms with Crippen LogP contribution in [0.2, 0.25) is 0 Å². The van der Waals surface area contributed by atoms with Crippen molar-refractivity contribution in [3.05, 3.63) is 34.1 Å². The third-order valence-electron chi connectivity index (χ3n) is 4.92. The molecule has 0 radical (unpaired) electrons. The van der Waals surface area contributed by atoms with Gasteiger partial charge in [-0.25, -0.2) is 10.4 Å². The van der Waals surface area contributed by atoms with Gasteiger partial charge in [0.1, 0.15) is 18.3 Å². The number of nitrogens with zero attached hydrogens (tertiary/aromatic N) is 4. The third-order valence-corrected chi connectivity index (χ3v) is 4.92. The minimum atomic E-state index is -1.46. The summed E-state index contributed by atoms with van der Waals surface area (Å²) < 4.78 is 11.8. The molecule has 3 aromatic rings. The van der Waals surface area contributed by atoms with Crippen LogP contribution < -0.4 is 21.5 Å². The molecule has 32 heavy (non-hydrogen) atoms. The summed E-state index contributed by atoms with van der Waals surface area (Å²) >= 11 is 0. The molecule has 1 aliphatic heterocycles. The number of aromatic hydroxyl groups is 1. The average molecular weight is 447 g/mol. The summed E-state index contributed by atoms with van der Waals surface area (Å²) in [7, 11) is 1.41. The van der Waals surface area contributed by atoms with E-state index >= 15 is 0 Å². The number of aromatic nitrogens is 4. The largest absolute Gasteiger partial charge is 0.504 e. The van der Waals surface area contributed by atoms with Gasteiger partial charge in [-0.3, -0.25) is 14.3 Å². The molecule has 14 heteroatoms. The number of methoxy groups -OCH3 is 1. The number of nitrogen functional groups attached to an aromatic ring is 1. The first-order valence-electron chi connectivity index (χ1n) is 9.40. The van der Waals surface area contributed by atoms with E-state index in [4.69, 9.17) is 15.2 Å². The zero-order valence-electron chi connectivity index (χ0n) is 16.7. The van der Waals surface area contributed by atoms with Crippen molar-refractivity contribution < 1.29 is 29.9 Å². The molecule has 2 aromatic heterocycles. The Balaban J connectivity index is 1.73. The van der Waals surface area contributed by atoms with Crippen LogP contribution in [-0.4, -0.2) is 78.2 Å². The number of anilines is 2. The lowest BCUT2D eigenvalue weighted by Crippen LogP contribution is -2.33. The molecule has 0 unspecified atom stereocenters. The average Bonchev–Trinajstić information content (AvgIpc) is 3.26. The molecule has 14 nitrogen and oxygen atoms in total. The lowest BCUT2D eigenvalue weighted by molar-refractivity contribution is -0.0501. The Labute approximate surface area is 179 Å². The van der Waals surface area contributed by atoms with E-state index in [-0.39, 0.29) is 34.6 Å². The Morgan fingerprint density at radius 2 is 2.16 bits per heavy atom. The summed E-state index contributed by atoms with van der Waals surface area (Å²) in [5.74, 6) is -0.0207. The Hall–Kier alpha value is -3.72. The Morgan fingerprint density at radius 1 is 1.38 bits per heavy atom. The second kappa shape index (κ2) is 8.43. The molecule has 4 atom stereocenters. The first-order valence-corrected chi connectivity index (χ1v) is 9.40. The molecule has 0 saturated carbocycles. The monoisotopic (exact) mass is 447 g/mol. The van der Waals surface area contributed by atoms with Gasteiger partial charge in [0.05, 0.1) is 19.9 Å². The van der Waals surface area contributed by atoms with E-state index in [1.54, 1.807) is 12.1 Å². The van der Waals surface area contributed by atoms with Gasteiger partial charge in [-0.1, -0.05) is 0 Å². The van der Waals surface area contributed by atoms with Crippen LogP contribution in [0, 0.1) is 0 Å². The summed E-state index contributed by atoms with van der Waals surface area (Å²) in [6.07, 6.45) is -3.75. The minimum Gasteiger partial charge on any atom is -0.504 e. The second-order valence-corrected chi connectivity index (χ2v) is 6.96. The molecule has 170 valence electrons. The van der Waals surface area contributed by atoms with Gasteiger partial charge >= 0.3 is 0 Å². The van der Waals surface area contributed by atoms with E-state index in [1.807, 2.05) is 0 Å². The molecule has 1 aliphatic rings. The summed E-state index contributed by atoms with van der Waals surface area (Å²) in [6, 6.07) is 4.56. The van der Waals surface area contributed by atoms with Crippen molar-refractivity contribution in [2.24, 2.45) is 5.10 Å². The topological polar surface area (TPSA) is 213 Å². The fraction of sp³-hybridized carbons (Fsp3) is 0.333. The fourth-order valence-electron chi connectivity index (χ4n) is 3.35. The quantitative estimate of drug-likeness (QED) is 0.170. The number of nitrogens with two attached hydrogens (primary N) is 1. The number of rotatable bonds is 6. The highest BCUT2D eigenvalue weighted by Crippen LogP contribution is 2.34. The molecular formula is C18H21N7O7. The second-order valence-electron chi connectivity index (χ2n) is 6.96. The van der Waals surface area contributed by atoms with Crippen molar-refractivity contribution in [2.75, 3.05) is 24.9 Å². The summed E-state index contributed by atoms with van der Waals surface area (Å²) in [5.41, 5.74) is 8.10. The van der Waals surface area contributed by atoms with Crippen molar-refractivity contribution in [1.82, 2.24) is 19.5 Å². The highest BCUT2D eigenvalue weighted by atomic mass is 16.6. The van der Waals surface area contributed by atoms with Gasteiger partial charge in [-0.05, 0) is 23.8 Å². The zero-order chi connectivity index (χ0) is 23.0. The van der Waals surface area contributed by atoms with Gasteiger partial charge in [0.2, 0.25) is 11.9 Å². The van der Waals surface area contributed by atoms with E-state index < -0.39 is 36.7 Å². The number of H-pyrrole nitrogens is 1. The van der Waals surface area contributed by atoms with Crippen LogP contribution in [0.3, 0.4) is 0 Å². The maximum absolute atomic E-state index is 12.3. The molecular weight excluding hydrogens is 426 g/mol. The van der Waals surface area contributed by atoms with Crippen LogP contribution in [-0.2, 0) is 4.74 Å². The van der Waals surface area contributed by atoms with Crippen LogP contribution in [0.5, 0.6) is 11.5 Å². The Morgan fingerprint density at radius 3 is 2.84 bits per heavy atom. The van der Waals surface area contributed by atoms with Gasteiger partial charge in [0.25, 0.3) is 5.56 Å². The number of hydrogen-bond donors (Lipinski definition) is 7. The van der Waals surface area contributed by atoms with E-state index in [1.165, 1.54) is 24.0 Å². The number of hydrogen-bond acceptors (Lipinski definition) is 12. The van der Waals surface area contributed by atoms with Crippen molar-refractivity contribution in [1.29, 1.82) is 0 Å². The van der Waals surface area contributed by atoms with E-state index in [2.05, 4.69) is 25.5 Å². The molecule has 0 spiro atoms. The third kappa shape index (κ3) is 3.71. The number of phenolic OH excluding ortho intramolecular Hbond substituents is 1. The first-order chi connectivity index (χ1) is 15.3. The van der Waals surface area contributed by atoms with Crippen LogP contribution >= 0.6 is 0 Å². The molecule has 4 rings (SSSR count). The minimum absolute atomic E-state index is 0.0231. The Kier molecular flexibility index (Phi) is 5.67. The van der Waals surface area contributed by atoms with Crippen molar-refractivity contribution in [3.63, 3.8) is 0 Å². The molecule has 8 N–H and O–H groups in total.